The van der Waals surface area contributed by atoms with Gasteiger partial charge in [-0.1, -0.05) is 12.1 Å². The molecule has 2 aromatic heterocycles. The lowest BCUT2D eigenvalue weighted by atomic mass is 9.99. The van der Waals surface area contributed by atoms with Crippen LogP contribution in [0.4, 0.5) is 5.69 Å². The number of carbonyl (C=O) groups excluding carboxylic acids is 1. The summed E-state index contributed by atoms with van der Waals surface area (Å²) in [5.74, 6) is -0.486. The second kappa shape index (κ2) is 6.93. The zero-order valence-corrected chi connectivity index (χ0v) is 15.4. The van der Waals surface area contributed by atoms with Gasteiger partial charge in [0.05, 0.1) is 32.5 Å². The molecule has 0 bridgehead atoms. The average molecular weight is 399 g/mol. The molecular weight excluding hydrogens is 386 g/mol. The number of aromatic hydroxyl groups is 1. The molecular formula is C18H13N3O4S2. The van der Waals surface area contributed by atoms with Crippen LogP contribution in [0.15, 0.2) is 58.3 Å². The number of nitro groups is 1. The minimum atomic E-state index is -0.569. The summed E-state index contributed by atoms with van der Waals surface area (Å²) in [5, 5.41) is 30.9. The summed E-state index contributed by atoms with van der Waals surface area (Å²) in [6.07, 6.45) is 0.420. The van der Waals surface area contributed by atoms with E-state index in [0.717, 1.165) is 16.7 Å². The number of benzene rings is 1. The van der Waals surface area contributed by atoms with Crippen molar-refractivity contribution in [3.8, 4) is 5.75 Å². The Balaban J connectivity index is 1.74. The summed E-state index contributed by atoms with van der Waals surface area (Å²) in [4.78, 5) is 24.8. The smallest absolute Gasteiger partial charge is 0.284 e. The molecule has 27 heavy (non-hydrogen) atoms. The van der Waals surface area contributed by atoms with E-state index in [1.165, 1.54) is 39.8 Å². The summed E-state index contributed by atoms with van der Waals surface area (Å²) < 4.78 is 0. The van der Waals surface area contributed by atoms with Crippen molar-refractivity contribution in [1.29, 1.82) is 0 Å². The van der Waals surface area contributed by atoms with Gasteiger partial charge in [0.15, 0.2) is 0 Å². The molecule has 0 spiro atoms. The van der Waals surface area contributed by atoms with E-state index in [2.05, 4.69) is 5.10 Å². The van der Waals surface area contributed by atoms with Crippen LogP contribution < -0.4 is 0 Å². The highest BCUT2D eigenvalue weighted by molar-refractivity contribution is 7.12. The topological polar surface area (TPSA) is 96.0 Å². The van der Waals surface area contributed by atoms with E-state index in [4.69, 9.17) is 0 Å². The number of nitro benzene ring substituents is 1. The number of thiophene rings is 2. The van der Waals surface area contributed by atoms with Crippen molar-refractivity contribution in [2.24, 2.45) is 5.10 Å². The van der Waals surface area contributed by atoms with Gasteiger partial charge in [-0.3, -0.25) is 14.9 Å². The number of phenols is 1. The first-order valence-electron chi connectivity index (χ1n) is 8.00. The van der Waals surface area contributed by atoms with Crippen LogP contribution in [-0.2, 0) is 0 Å². The van der Waals surface area contributed by atoms with Crippen LogP contribution in [0.1, 0.15) is 32.6 Å². The first kappa shape index (κ1) is 17.4. The molecule has 1 aliphatic rings. The zero-order valence-electron chi connectivity index (χ0n) is 13.8. The van der Waals surface area contributed by atoms with Crippen LogP contribution in [0.3, 0.4) is 0 Å². The van der Waals surface area contributed by atoms with E-state index in [9.17, 15) is 20.0 Å². The SMILES string of the molecule is O=C(c1cccs1)N1N=C(c2cccs2)C[C@H]1c1ccc([N+](=O)[O-])cc1O. The zero-order chi connectivity index (χ0) is 19.0. The molecule has 1 aliphatic heterocycles. The van der Waals surface area contributed by atoms with Gasteiger partial charge in [-0.05, 0) is 29.0 Å². The number of hydrogen-bond acceptors (Lipinski definition) is 7. The summed E-state index contributed by atoms with van der Waals surface area (Å²) >= 11 is 2.84. The molecule has 136 valence electrons. The maximum atomic E-state index is 12.9. The molecule has 1 atom stereocenters. The number of rotatable bonds is 4. The van der Waals surface area contributed by atoms with E-state index in [0.29, 0.717) is 16.9 Å². The maximum absolute atomic E-state index is 12.9. The molecule has 0 aliphatic carbocycles. The highest BCUT2D eigenvalue weighted by Gasteiger charge is 2.36. The third-order valence-corrected chi connectivity index (χ3v) is 6.02. The Morgan fingerprint density at radius 3 is 2.63 bits per heavy atom. The summed E-state index contributed by atoms with van der Waals surface area (Å²) in [6, 6.07) is 10.7. The van der Waals surface area contributed by atoms with E-state index < -0.39 is 11.0 Å². The lowest BCUT2D eigenvalue weighted by Crippen LogP contribution is -2.26. The Labute approximate surface area is 162 Å². The maximum Gasteiger partial charge on any atom is 0.284 e. The largest absolute Gasteiger partial charge is 0.507 e. The highest BCUT2D eigenvalue weighted by atomic mass is 32.1. The number of carbonyl (C=O) groups is 1. The number of amides is 1. The molecule has 0 unspecified atom stereocenters. The van der Waals surface area contributed by atoms with E-state index >= 15 is 0 Å². The van der Waals surface area contributed by atoms with Crippen molar-refractivity contribution in [1.82, 2.24) is 5.01 Å². The predicted octanol–water partition coefficient (Wildman–Crippen LogP) is 4.41. The van der Waals surface area contributed by atoms with Crippen LogP contribution >= 0.6 is 22.7 Å². The van der Waals surface area contributed by atoms with Crippen molar-refractivity contribution in [3.05, 3.63) is 78.7 Å². The predicted molar refractivity (Wildman–Crippen MR) is 103 cm³/mol. The molecule has 4 rings (SSSR count). The van der Waals surface area contributed by atoms with Crippen molar-refractivity contribution in [2.75, 3.05) is 0 Å². The third-order valence-electron chi connectivity index (χ3n) is 4.24. The van der Waals surface area contributed by atoms with Crippen LogP contribution in [-0.4, -0.2) is 26.7 Å². The molecule has 0 saturated heterocycles. The molecule has 1 N–H and O–H groups in total. The molecule has 0 radical (unpaired) electrons. The van der Waals surface area contributed by atoms with Gasteiger partial charge in [0, 0.05) is 18.1 Å². The normalized spacial score (nSPS) is 16.4. The Morgan fingerprint density at radius 1 is 1.22 bits per heavy atom. The molecule has 0 fully saturated rings. The van der Waals surface area contributed by atoms with Crippen LogP contribution in [0.25, 0.3) is 0 Å². The van der Waals surface area contributed by atoms with Crippen LogP contribution in [0, 0.1) is 10.1 Å². The molecule has 3 aromatic rings. The number of hydrogen-bond donors (Lipinski definition) is 1. The van der Waals surface area contributed by atoms with Crippen molar-refractivity contribution < 1.29 is 14.8 Å². The minimum Gasteiger partial charge on any atom is -0.507 e. The van der Waals surface area contributed by atoms with Gasteiger partial charge in [-0.15, -0.1) is 22.7 Å². The van der Waals surface area contributed by atoms with Crippen molar-refractivity contribution >= 4 is 40.0 Å². The van der Waals surface area contributed by atoms with E-state index in [1.807, 2.05) is 22.9 Å². The van der Waals surface area contributed by atoms with Gasteiger partial charge in [-0.25, -0.2) is 5.01 Å². The Morgan fingerprint density at radius 2 is 2.00 bits per heavy atom. The molecule has 1 amide bonds. The second-order valence-corrected chi connectivity index (χ2v) is 7.77. The first-order chi connectivity index (χ1) is 13.0. The quantitative estimate of drug-likeness (QED) is 0.519. The first-order valence-corrected chi connectivity index (χ1v) is 9.76. The Kier molecular flexibility index (Phi) is 4.46. The molecule has 7 nitrogen and oxygen atoms in total. The van der Waals surface area contributed by atoms with Gasteiger partial charge in [0.25, 0.3) is 11.6 Å². The van der Waals surface area contributed by atoms with Crippen molar-refractivity contribution in [2.45, 2.75) is 12.5 Å². The van der Waals surface area contributed by atoms with Gasteiger partial charge in [0.1, 0.15) is 5.75 Å². The molecule has 3 heterocycles. The summed E-state index contributed by atoms with van der Waals surface area (Å²) in [6.45, 7) is 0. The van der Waals surface area contributed by atoms with Gasteiger partial charge >= 0.3 is 0 Å². The average Bonchev–Trinajstić information content (AvgIpc) is 3.41. The number of phenolic OH excluding ortho intramolecular Hbond substituents is 1. The number of non-ortho nitro benzene ring substituents is 1. The van der Waals surface area contributed by atoms with Gasteiger partial charge < -0.3 is 5.11 Å². The fraction of sp³-hybridized carbons (Fsp3) is 0.111. The minimum absolute atomic E-state index is 0.204. The molecule has 1 aromatic carbocycles. The summed E-state index contributed by atoms with van der Waals surface area (Å²) in [5.41, 5.74) is 0.975. The van der Waals surface area contributed by atoms with Gasteiger partial charge in [-0.2, -0.15) is 5.10 Å². The van der Waals surface area contributed by atoms with Crippen molar-refractivity contribution in [3.63, 3.8) is 0 Å². The standard InChI is InChI=1S/C18H13N3O4S2/c22-15-9-11(21(24)25)5-6-12(15)14-10-13(16-3-1-7-26-16)19-20(14)18(23)17-4-2-8-27-17/h1-9,14,22H,10H2/t14-/m0/s1. The summed E-state index contributed by atoms with van der Waals surface area (Å²) in [7, 11) is 0. The number of nitrogens with zero attached hydrogens (tertiary/aromatic N) is 3. The highest BCUT2D eigenvalue weighted by Crippen LogP contribution is 2.40. The van der Waals surface area contributed by atoms with Crippen LogP contribution in [0.5, 0.6) is 5.75 Å². The molecule has 0 saturated carbocycles. The second-order valence-electron chi connectivity index (χ2n) is 5.87. The fourth-order valence-electron chi connectivity index (χ4n) is 2.97. The Bertz CT molecular complexity index is 1030. The van der Waals surface area contributed by atoms with Crippen LogP contribution in [0.2, 0.25) is 0 Å². The van der Waals surface area contributed by atoms with Gasteiger partial charge in [0.2, 0.25) is 0 Å². The fourth-order valence-corrected chi connectivity index (χ4v) is 4.35. The lowest BCUT2D eigenvalue weighted by molar-refractivity contribution is -0.385. The van der Waals surface area contributed by atoms with E-state index in [-0.39, 0.29) is 17.3 Å². The monoisotopic (exact) mass is 399 g/mol. The Hall–Kier alpha value is -3.04. The van der Waals surface area contributed by atoms with E-state index in [1.54, 1.807) is 12.1 Å². The number of hydrazone groups is 1. The molecule has 9 heteroatoms. The lowest BCUT2D eigenvalue weighted by Gasteiger charge is -2.22. The third kappa shape index (κ3) is 3.22.